The fourth-order valence-corrected chi connectivity index (χ4v) is 3.51. The summed E-state index contributed by atoms with van der Waals surface area (Å²) < 4.78 is 26.6. The molecule has 0 heterocycles. The average molecular weight is 349 g/mol. The molecular weight excluding hydrogens is 310 g/mol. The van der Waals surface area contributed by atoms with Crippen LogP contribution in [0.4, 0.5) is 0 Å². The van der Waals surface area contributed by atoms with Gasteiger partial charge < -0.3 is 0 Å². The lowest BCUT2D eigenvalue weighted by molar-refractivity contribution is 0.182. The molecule has 0 rings (SSSR count). The zero-order valence-electron chi connectivity index (χ0n) is 15.3. The molecule has 0 saturated carbocycles. The zero-order chi connectivity index (χ0) is 17.4. The fourth-order valence-electron chi connectivity index (χ4n) is 2.95. The van der Waals surface area contributed by atoms with E-state index in [9.17, 15) is 8.42 Å². The van der Waals surface area contributed by atoms with Gasteiger partial charge in [0.05, 0.1) is 6.10 Å². The highest BCUT2D eigenvalue weighted by atomic mass is 32.2. The van der Waals surface area contributed by atoms with Crippen molar-refractivity contribution in [3.05, 3.63) is 0 Å². The van der Waals surface area contributed by atoms with Crippen LogP contribution in [0.2, 0.25) is 0 Å². The Kier molecular flexibility index (Phi) is 15.3. The number of hydrogen-bond acceptors (Lipinski definition) is 3. The van der Waals surface area contributed by atoms with Crippen molar-refractivity contribution in [2.75, 3.05) is 0 Å². The van der Waals surface area contributed by atoms with E-state index < -0.39 is 10.3 Å². The molecule has 0 aromatic rings. The normalized spacial score (nSPS) is 13.3. The van der Waals surface area contributed by atoms with Gasteiger partial charge in [-0.3, -0.25) is 4.18 Å². The third-order valence-corrected chi connectivity index (χ3v) is 4.78. The van der Waals surface area contributed by atoms with Crippen LogP contribution in [0.15, 0.2) is 0 Å². The molecule has 1 unspecified atom stereocenters. The van der Waals surface area contributed by atoms with E-state index >= 15 is 0 Å². The molecule has 1 N–H and O–H groups in total. The lowest BCUT2D eigenvalue weighted by Gasteiger charge is -2.14. The highest BCUT2D eigenvalue weighted by Crippen LogP contribution is 2.16. The maximum Gasteiger partial charge on any atom is 0.350 e. The minimum Gasteiger partial charge on any atom is -0.254 e. The summed E-state index contributed by atoms with van der Waals surface area (Å²) in [7, 11) is -4.06. The van der Waals surface area contributed by atoms with Crippen molar-refractivity contribution in [1.29, 1.82) is 0 Å². The van der Waals surface area contributed by atoms with Crippen LogP contribution in [0.1, 0.15) is 110 Å². The Morgan fingerprint density at radius 1 is 0.696 bits per heavy atom. The van der Waals surface area contributed by atoms with Crippen molar-refractivity contribution in [3.8, 4) is 0 Å². The minimum atomic E-state index is -4.06. The second-order valence-electron chi connectivity index (χ2n) is 6.64. The third-order valence-electron chi connectivity index (χ3n) is 4.25. The molecule has 5 heteroatoms. The molecule has 0 aromatic heterocycles. The first kappa shape index (κ1) is 22.9. The van der Waals surface area contributed by atoms with E-state index in [0.717, 1.165) is 32.1 Å². The van der Waals surface area contributed by atoms with Gasteiger partial charge in [-0.1, -0.05) is 97.3 Å². The molecule has 0 fully saturated rings. The summed E-state index contributed by atoms with van der Waals surface area (Å²) in [6.45, 7) is 4.26. The molecule has 139 valence electrons. The Balaban J connectivity index is 3.42. The summed E-state index contributed by atoms with van der Waals surface area (Å²) in [6.07, 6.45) is 17.6. The highest BCUT2D eigenvalue weighted by molar-refractivity contribution is 7.84. The predicted molar refractivity (Wildman–Crippen MR) is 97.5 cm³/mol. The Morgan fingerprint density at radius 3 is 1.52 bits per heavy atom. The van der Waals surface area contributed by atoms with E-state index in [0.29, 0.717) is 0 Å². The van der Waals surface area contributed by atoms with E-state index in [4.69, 9.17) is 9.32 Å². The molecule has 0 saturated heterocycles. The smallest absolute Gasteiger partial charge is 0.254 e. The molecule has 0 spiro atoms. The van der Waals surface area contributed by atoms with Gasteiger partial charge in [0.1, 0.15) is 0 Å². The Labute approximate surface area is 144 Å². The number of nitrogens with one attached hydrogen (secondary N) is 1. The fraction of sp³-hybridized carbons (Fsp3) is 1.00. The van der Waals surface area contributed by atoms with Crippen LogP contribution in [0.5, 0.6) is 0 Å². The van der Waals surface area contributed by atoms with Crippen LogP contribution < -0.4 is 5.14 Å². The van der Waals surface area contributed by atoms with Gasteiger partial charge in [0.15, 0.2) is 0 Å². The van der Waals surface area contributed by atoms with Gasteiger partial charge in [0.2, 0.25) is 0 Å². The van der Waals surface area contributed by atoms with Crippen molar-refractivity contribution in [1.82, 2.24) is 5.14 Å². The average Bonchev–Trinajstić information content (AvgIpc) is 2.47. The summed E-state index contributed by atoms with van der Waals surface area (Å²) >= 11 is 0. The SMILES string of the molecule is CCCCCCCCCCCCCCC(CCC)OS([NH])(=O)=O. The first-order valence-electron chi connectivity index (χ1n) is 9.67. The van der Waals surface area contributed by atoms with E-state index in [1.807, 2.05) is 6.92 Å². The molecule has 0 aromatic carbocycles. The highest BCUT2D eigenvalue weighted by Gasteiger charge is 2.15. The second kappa shape index (κ2) is 15.4. The van der Waals surface area contributed by atoms with Gasteiger partial charge >= 0.3 is 10.3 Å². The molecule has 0 aliphatic heterocycles. The molecule has 0 amide bonds. The standard InChI is InChI=1S/C18H38NO3S/c1-3-5-6-7-8-9-10-11-12-13-14-15-17-18(16-4-2)22-23(19,20)21/h18-19H,3-17H2,1-2H3. The topological polar surface area (TPSA) is 67.2 Å². The van der Waals surface area contributed by atoms with Gasteiger partial charge in [-0.15, -0.1) is 5.14 Å². The lowest BCUT2D eigenvalue weighted by atomic mass is 10.0. The van der Waals surface area contributed by atoms with E-state index in [1.54, 1.807) is 0 Å². The largest absolute Gasteiger partial charge is 0.350 e. The van der Waals surface area contributed by atoms with Crippen LogP contribution in [0, 0.1) is 0 Å². The monoisotopic (exact) mass is 348 g/mol. The minimum absolute atomic E-state index is 0.300. The van der Waals surface area contributed by atoms with Gasteiger partial charge in [-0.25, -0.2) is 0 Å². The van der Waals surface area contributed by atoms with Gasteiger partial charge in [-0.2, -0.15) is 8.42 Å². The Morgan fingerprint density at radius 2 is 1.13 bits per heavy atom. The molecule has 1 radical (unpaired) electrons. The predicted octanol–water partition coefficient (Wildman–Crippen LogP) is 5.79. The number of hydrogen-bond donors (Lipinski definition) is 0. The molecule has 0 aliphatic rings. The summed E-state index contributed by atoms with van der Waals surface area (Å²) in [4.78, 5) is 0. The molecule has 23 heavy (non-hydrogen) atoms. The zero-order valence-corrected chi connectivity index (χ0v) is 16.1. The van der Waals surface area contributed by atoms with Gasteiger partial charge in [0, 0.05) is 0 Å². The van der Waals surface area contributed by atoms with Crippen LogP contribution in [0.25, 0.3) is 0 Å². The van der Waals surface area contributed by atoms with Crippen molar-refractivity contribution in [2.45, 2.75) is 116 Å². The molecule has 0 bridgehead atoms. The number of unbranched alkanes of at least 4 members (excludes halogenated alkanes) is 11. The van der Waals surface area contributed by atoms with E-state index in [2.05, 4.69) is 6.92 Å². The van der Waals surface area contributed by atoms with Crippen molar-refractivity contribution < 1.29 is 12.6 Å². The molecule has 1 atom stereocenters. The quantitative estimate of drug-likeness (QED) is 0.312. The molecular formula is C18H38NO3S. The van der Waals surface area contributed by atoms with E-state index in [1.165, 1.54) is 64.2 Å². The Hall–Kier alpha value is -0.130. The van der Waals surface area contributed by atoms with Crippen LogP contribution in [-0.2, 0) is 14.5 Å². The van der Waals surface area contributed by atoms with Gasteiger partial charge in [0.25, 0.3) is 0 Å². The van der Waals surface area contributed by atoms with Crippen LogP contribution >= 0.6 is 0 Å². The summed E-state index contributed by atoms with van der Waals surface area (Å²) in [5, 5.41) is 6.85. The van der Waals surface area contributed by atoms with Crippen molar-refractivity contribution in [2.24, 2.45) is 0 Å². The second-order valence-corrected chi connectivity index (χ2v) is 7.74. The van der Waals surface area contributed by atoms with Crippen LogP contribution in [-0.4, -0.2) is 14.5 Å². The maximum absolute atomic E-state index is 10.9. The van der Waals surface area contributed by atoms with Gasteiger partial charge in [-0.05, 0) is 12.8 Å². The third kappa shape index (κ3) is 18.1. The first-order chi connectivity index (χ1) is 11.0. The van der Waals surface area contributed by atoms with Crippen molar-refractivity contribution in [3.63, 3.8) is 0 Å². The summed E-state index contributed by atoms with van der Waals surface area (Å²) in [5.41, 5.74) is 0. The molecule has 0 aliphatic carbocycles. The first-order valence-corrected chi connectivity index (χ1v) is 11.1. The van der Waals surface area contributed by atoms with Crippen LogP contribution in [0.3, 0.4) is 0 Å². The molecule has 4 nitrogen and oxygen atoms in total. The summed E-state index contributed by atoms with van der Waals surface area (Å²) in [6, 6.07) is 0. The maximum atomic E-state index is 10.9. The van der Waals surface area contributed by atoms with Crippen molar-refractivity contribution >= 4 is 10.3 Å². The van der Waals surface area contributed by atoms with E-state index in [-0.39, 0.29) is 6.10 Å². The number of rotatable bonds is 17. The summed E-state index contributed by atoms with van der Waals surface area (Å²) in [5.74, 6) is 0. The Bertz CT molecular complexity index is 344. The lowest BCUT2D eigenvalue weighted by Crippen LogP contribution is -2.18.